The lowest BCUT2D eigenvalue weighted by atomic mass is 9.91. The van der Waals surface area contributed by atoms with Crippen molar-refractivity contribution in [2.24, 2.45) is 5.92 Å². The van der Waals surface area contributed by atoms with E-state index in [0.29, 0.717) is 18.3 Å². The molecule has 44 heavy (non-hydrogen) atoms. The van der Waals surface area contributed by atoms with E-state index in [1.54, 1.807) is 20.2 Å². The third-order valence-electron chi connectivity index (χ3n) is 7.98. The van der Waals surface area contributed by atoms with Crippen LogP contribution in [0.2, 0.25) is 0 Å². The molecule has 0 bridgehead atoms. The summed E-state index contributed by atoms with van der Waals surface area (Å²) in [7, 11) is 1.64. The van der Waals surface area contributed by atoms with Crippen LogP contribution in [-0.4, -0.2) is 39.7 Å². The zero-order valence-electron chi connectivity index (χ0n) is 28.4. The quantitative estimate of drug-likeness (QED) is 0.263. The van der Waals surface area contributed by atoms with Crippen molar-refractivity contribution >= 4 is 5.97 Å². The van der Waals surface area contributed by atoms with Gasteiger partial charge in [-0.25, -0.2) is 4.98 Å². The normalized spacial score (nSPS) is 16.0. The van der Waals surface area contributed by atoms with E-state index in [4.69, 9.17) is 9.47 Å². The van der Waals surface area contributed by atoms with Crippen molar-refractivity contribution < 1.29 is 19.4 Å². The third-order valence-corrected chi connectivity index (χ3v) is 7.98. The summed E-state index contributed by atoms with van der Waals surface area (Å²) < 4.78 is 12.0. The van der Waals surface area contributed by atoms with Crippen LogP contribution in [0.5, 0.6) is 11.6 Å². The Morgan fingerprint density at radius 2 is 1.75 bits per heavy atom. The van der Waals surface area contributed by atoms with Crippen molar-refractivity contribution in [3.63, 3.8) is 0 Å². The number of ether oxygens (including phenoxy) is 2. The fourth-order valence-corrected chi connectivity index (χ4v) is 5.51. The fraction of sp³-hybridized carbons (Fsp3) is 0.526. The zero-order valence-corrected chi connectivity index (χ0v) is 28.4. The first-order valence-corrected chi connectivity index (χ1v) is 16.4. The standard InChI is InChI=1S/C33H42N2O4.C3H6.C2H6/c1-21(2)35(33(4,5)6)20-27-18-26(10-12-28(27)25-14-15-34-31(19-25)38-7)29-13-11-24-9-8-23(17-30(24)39-29)16-22(3)32(36)37;1-2-3-1;1-2/h8-10,12,14-15,17-19,21-22,29H,11,13,16,20H2,1-7H3,(H,36,37);1-3H2;1-2H3/t22?,29-;;/m0../s1. The molecule has 6 heteroatoms. The van der Waals surface area contributed by atoms with E-state index in [1.165, 1.54) is 30.4 Å². The lowest BCUT2D eigenvalue weighted by molar-refractivity contribution is -0.141. The Kier molecular flexibility index (Phi) is 12.8. The summed E-state index contributed by atoms with van der Waals surface area (Å²) >= 11 is 0. The van der Waals surface area contributed by atoms with Crippen molar-refractivity contribution in [3.8, 4) is 22.8 Å². The first kappa shape index (κ1) is 35.1. The van der Waals surface area contributed by atoms with Gasteiger partial charge in [0.2, 0.25) is 5.88 Å². The van der Waals surface area contributed by atoms with Gasteiger partial charge >= 0.3 is 5.97 Å². The van der Waals surface area contributed by atoms with Crippen molar-refractivity contribution in [1.82, 2.24) is 9.88 Å². The Labute approximate surface area is 265 Å². The monoisotopic (exact) mass is 602 g/mol. The number of hydrogen-bond donors (Lipinski definition) is 1. The van der Waals surface area contributed by atoms with E-state index in [1.807, 2.05) is 38.1 Å². The number of aliphatic carboxylic acids is 1. The molecule has 240 valence electrons. The van der Waals surface area contributed by atoms with Gasteiger partial charge in [0, 0.05) is 30.4 Å². The number of nitrogens with zero attached hydrogens (tertiary/aromatic N) is 2. The van der Waals surface area contributed by atoms with Crippen LogP contribution in [0.4, 0.5) is 0 Å². The van der Waals surface area contributed by atoms with Crippen LogP contribution in [0.25, 0.3) is 11.1 Å². The molecular formula is C38H54N2O4. The molecule has 0 amide bonds. The molecule has 1 saturated carbocycles. The van der Waals surface area contributed by atoms with Crippen molar-refractivity contribution in [3.05, 3.63) is 77.0 Å². The van der Waals surface area contributed by atoms with Gasteiger partial charge in [-0.1, -0.05) is 70.4 Å². The van der Waals surface area contributed by atoms with Gasteiger partial charge in [0.05, 0.1) is 13.0 Å². The summed E-state index contributed by atoms with van der Waals surface area (Å²) in [5.74, 6) is 0.247. The maximum absolute atomic E-state index is 11.4. The van der Waals surface area contributed by atoms with Gasteiger partial charge in [-0.05, 0) is 99.4 Å². The molecule has 2 aromatic carbocycles. The highest BCUT2D eigenvalue weighted by Crippen LogP contribution is 2.38. The molecule has 0 saturated heterocycles. The second kappa shape index (κ2) is 16.1. The van der Waals surface area contributed by atoms with Crippen LogP contribution in [0.1, 0.15) is 109 Å². The average Bonchev–Trinajstić information content (AvgIpc) is 3.90. The van der Waals surface area contributed by atoms with Gasteiger partial charge in [0.1, 0.15) is 11.9 Å². The molecule has 1 aliphatic carbocycles. The number of pyridine rings is 1. The van der Waals surface area contributed by atoms with Gasteiger partial charge in [0.25, 0.3) is 0 Å². The number of rotatable bonds is 9. The van der Waals surface area contributed by atoms with Crippen LogP contribution in [0.3, 0.4) is 0 Å². The van der Waals surface area contributed by atoms with Gasteiger partial charge in [0.15, 0.2) is 0 Å². The number of carboxylic acid groups (broad SMARTS) is 1. The largest absolute Gasteiger partial charge is 0.485 e. The Hall–Kier alpha value is -3.38. The van der Waals surface area contributed by atoms with Crippen LogP contribution in [-0.2, 0) is 24.2 Å². The molecule has 1 N–H and O–H groups in total. The number of aryl methyl sites for hydroxylation is 1. The second-order valence-corrected chi connectivity index (χ2v) is 13.0. The minimum absolute atomic E-state index is 0.00113. The molecule has 5 rings (SSSR count). The number of hydrogen-bond acceptors (Lipinski definition) is 5. The number of methoxy groups -OCH3 is 1. The first-order chi connectivity index (χ1) is 21.0. The number of carboxylic acids is 1. The molecule has 2 heterocycles. The highest BCUT2D eigenvalue weighted by molar-refractivity contribution is 5.70. The molecule has 0 radical (unpaired) electrons. The third kappa shape index (κ3) is 9.82. The highest BCUT2D eigenvalue weighted by Gasteiger charge is 2.27. The molecule has 1 fully saturated rings. The Morgan fingerprint density at radius 3 is 2.34 bits per heavy atom. The molecule has 1 unspecified atom stereocenters. The number of benzene rings is 2. The van der Waals surface area contributed by atoms with Gasteiger partial charge < -0.3 is 14.6 Å². The number of fused-ring (bicyclic) bond motifs is 1. The van der Waals surface area contributed by atoms with Gasteiger partial charge in [-0.2, -0.15) is 0 Å². The summed E-state index contributed by atoms with van der Waals surface area (Å²) in [6.45, 7) is 17.8. The minimum atomic E-state index is -0.781. The molecule has 1 aliphatic heterocycles. The Balaban J connectivity index is 0.000000977. The molecule has 2 atom stereocenters. The average molecular weight is 603 g/mol. The van der Waals surface area contributed by atoms with Crippen LogP contribution < -0.4 is 9.47 Å². The Morgan fingerprint density at radius 1 is 1.05 bits per heavy atom. The predicted octanol–water partition coefficient (Wildman–Crippen LogP) is 9.29. The summed E-state index contributed by atoms with van der Waals surface area (Å²) in [6.07, 6.45) is 8.54. The van der Waals surface area contributed by atoms with Crippen molar-refractivity contribution in [2.75, 3.05) is 7.11 Å². The summed E-state index contributed by atoms with van der Waals surface area (Å²) in [5, 5.41) is 9.33. The summed E-state index contributed by atoms with van der Waals surface area (Å²) in [4.78, 5) is 18.2. The number of carbonyl (C=O) groups is 1. The smallest absolute Gasteiger partial charge is 0.306 e. The minimum Gasteiger partial charge on any atom is -0.485 e. The molecule has 0 spiro atoms. The summed E-state index contributed by atoms with van der Waals surface area (Å²) in [5.41, 5.74) is 6.80. The molecule has 1 aromatic heterocycles. The SMILES string of the molecule is C1CC1.CC.COc1cc(-c2ccc([C@@H]3CCc4ccc(CC(C)C(=O)O)cc4O3)cc2CN(C(C)C)C(C)(C)C)ccn1. The lowest BCUT2D eigenvalue weighted by Gasteiger charge is -2.39. The van der Waals surface area contributed by atoms with E-state index in [-0.39, 0.29) is 11.6 Å². The fourth-order valence-electron chi connectivity index (χ4n) is 5.51. The van der Waals surface area contributed by atoms with Crippen molar-refractivity contribution in [1.29, 1.82) is 0 Å². The number of aromatic nitrogens is 1. The Bertz CT molecular complexity index is 1360. The molecule has 2 aliphatic rings. The lowest BCUT2D eigenvalue weighted by Crippen LogP contribution is -2.45. The van der Waals surface area contributed by atoms with E-state index in [9.17, 15) is 9.90 Å². The van der Waals surface area contributed by atoms with E-state index >= 15 is 0 Å². The molecule has 3 aromatic rings. The van der Waals surface area contributed by atoms with Gasteiger partial charge in [-0.15, -0.1) is 0 Å². The van der Waals surface area contributed by atoms with E-state index in [0.717, 1.165) is 47.4 Å². The van der Waals surface area contributed by atoms with Crippen LogP contribution in [0, 0.1) is 5.92 Å². The highest BCUT2D eigenvalue weighted by atomic mass is 16.5. The zero-order chi connectivity index (χ0) is 32.4. The maximum Gasteiger partial charge on any atom is 0.306 e. The summed E-state index contributed by atoms with van der Waals surface area (Å²) in [6, 6.07) is 17.2. The molecular weight excluding hydrogens is 548 g/mol. The second-order valence-electron chi connectivity index (χ2n) is 13.0. The van der Waals surface area contributed by atoms with E-state index < -0.39 is 11.9 Å². The molecule has 6 nitrogen and oxygen atoms in total. The van der Waals surface area contributed by atoms with Gasteiger partial charge in [-0.3, -0.25) is 9.69 Å². The topological polar surface area (TPSA) is 71.9 Å². The van der Waals surface area contributed by atoms with E-state index in [2.05, 4.69) is 68.8 Å². The van der Waals surface area contributed by atoms with Crippen LogP contribution in [0.15, 0.2) is 54.7 Å². The predicted molar refractivity (Wildman–Crippen MR) is 180 cm³/mol. The van der Waals surface area contributed by atoms with Crippen LogP contribution >= 0.6 is 0 Å². The first-order valence-electron chi connectivity index (χ1n) is 16.4. The maximum atomic E-state index is 11.4. The van der Waals surface area contributed by atoms with Crippen molar-refractivity contribution in [2.45, 2.75) is 118 Å².